The Labute approximate surface area is 172 Å². The Bertz CT molecular complexity index is 738. The van der Waals surface area contributed by atoms with Gasteiger partial charge in [-0.2, -0.15) is 0 Å². The van der Waals surface area contributed by atoms with Gasteiger partial charge in [0.25, 0.3) is 0 Å². The smallest absolute Gasteiger partial charge is 0.223 e. The first-order chi connectivity index (χ1) is 12.5. The number of amides is 1. The van der Waals surface area contributed by atoms with Crippen LogP contribution in [0.4, 0.5) is 0 Å². The summed E-state index contributed by atoms with van der Waals surface area (Å²) < 4.78 is 2.03. The number of carbonyl (C=O) groups excluding carboxylic acids is 1. The number of nitrogens with zero attached hydrogens (tertiary/aromatic N) is 1. The van der Waals surface area contributed by atoms with Crippen molar-refractivity contribution in [1.29, 1.82) is 0 Å². The number of benzene rings is 2. The molecular formula is C21H24Br2N2O. The third-order valence-corrected chi connectivity index (χ3v) is 6.12. The standard InChI is InChI=1S/C21H24Br2N2O/c1-25(15-16-11-18(22)13-19(23)12-16)20(26)14-21(7-9-24-10-8-21)17-5-3-2-4-6-17/h2-6,11-13,24H,7-10,14-15H2,1H3. The van der Waals surface area contributed by atoms with Crippen LogP contribution < -0.4 is 5.32 Å². The van der Waals surface area contributed by atoms with Crippen LogP contribution >= 0.6 is 31.9 Å². The molecule has 0 atom stereocenters. The summed E-state index contributed by atoms with van der Waals surface area (Å²) in [5.41, 5.74) is 2.34. The minimum absolute atomic E-state index is 0.0598. The normalized spacial score (nSPS) is 16.3. The van der Waals surface area contributed by atoms with Crippen molar-refractivity contribution in [3.05, 3.63) is 68.6 Å². The maximum Gasteiger partial charge on any atom is 0.223 e. The van der Waals surface area contributed by atoms with E-state index in [9.17, 15) is 4.79 Å². The Hall–Kier alpha value is -1.17. The highest BCUT2D eigenvalue weighted by molar-refractivity contribution is 9.11. The van der Waals surface area contributed by atoms with Crippen LogP contribution in [0, 0.1) is 0 Å². The molecule has 0 spiro atoms. The summed E-state index contributed by atoms with van der Waals surface area (Å²) >= 11 is 7.04. The number of piperidine rings is 1. The largest absolute Gasteiger partial charge is 0.341 e. The second-order valence-corrected chi connectivity index (χ2v) is 8.93. The second-order valence-electron chi connectivity index (χ2n) is 7.10. The van der Waals surface area contributed by atoms with Crippen molar-refractivity contribution >= 4 is 37.8 Å². The highest BCUT2D eigenvalue weighted by Crippen LogP contribution is 2.37. The van der Waals surface area contributed by atoms with E-state index in [1.807, 2.05) is 24.1 Å². The number of nitrogens with one attached hydrogen (secondary N) is 1. The maximum atomic E-state index is 13.0. The van der Waals surface area contributed by atoms with Gasteiger partial charge in [-0.05, 0) is 55.3 Å². The Balaban J connectivity index is 1.75. The van der Waals surface area contributed by atoms with Gasteiger partial charge < -0.3 is 10.2 Å². The second kappa shape index (κ2) is 8.68. The molecule has 2 aromatic carbocycles. The van der Waals surface area contributed by atoms with Gasteiger partial charge >= 0.3 is 0 Å². The van der Waals surface area contributed by atoms with E-state index in [2.05, 4.69) is 73.6 Å². The van der Waals surface area contributed by atoms with E-state index >= 15 is 0 Å². The van der Waals surface area contributed by atoms with Gasteiger partial charge in [-0.3, -0.25) is 4.79 Å². The minimum Gasteiger partial charge on any atom is -0.341 e. The fourth-order valence-electron chi connectivity index (χ4n) is 3.75. The first-order valence-corrected chi connectivity index (χ1v) is 10.5. The van der Waals surface area contributed by atoms with Crippen molar-refractivity contribution in [2.75, 3.05) is 20.1 Å². The molecule has 5 heteroatoms. The van der Waals surface area contributed by atoms with Crippen molar-refractivity contribution in [2.24, 2.45) is 0 Å². The van der Waals surface area contributed by atoms with Crippen molar-refractivity contribution in [3.63, 3.8) is 0 Å². The third-order valence-electron chi connectivity index (χ3n) is 5.20. The fourth-order valence-corrected chi connectivity index (χ4v) is 5.14. The fraction of sp³-hybridized carbons (Fsp3) is 0.381. The van der Waals surface area contributed by atoms with Crippen LogP contribution in [0.5, 0.6) is 0 Å². The molecule has 1 amide bonds. The minimum atomic E-state index is -0.0598. The Morgan fingerprint density at radius 3 is 2.31 bits per heavy atom. The number of halogens is 2. The molecule has 138 valence electrons. The monoisotopic (exact) mass is 478 g/mol. The van der Waals surface area contributed by atoms with Gasteiger partial charge in [0.2, 0.25) is 5.91 Å². The average Bonchev–Trinajstić information content (AvgIpc) is 2.62. The van der Waals surface area contributed by atoms with Gasteiger partial charge in [0.1, 0.15) is 0 Å². The lowest BCUT2D eigenvalue weighted by atomic mass is 9.70. The lowest BCUT2D eigenvalue weighted by Gasteiger charge is -2.38. The zero-order valence-electron chi connectivity index (χ0n) is 15.0. The molecule has 2 aromatic rings. The Morgan fingerprint density at radius 2 is 1.69 bits per heavy atom. The molecule has 1 heterocycles. The average molecular weight is 480 g/mol. The lowest BCUT2D eigenvalue weighted by Crippen LogP contribution is -2.43. The molecule has 1 saturated heterocycles. The van der Waals surface area contributed by atoms with Crippen LogP contribution in [0.15, 0.2) is 57.5 Å². The topological polar surface area (TPSA) is 32.3 Å². The molecule has 1 fully saturated rings. The van der Waals surface area contributed by atoms with Crippen LogP contribution in [0.2, 0.25) is 0 Å². The van der Waals surface area contributed by atoms with Gasteiger partial charge in [0, 0.05) is 34.4 Å². The highest BCUT2D eigenvalue weighted by Gasteiger charge is 2.36. The van der Waals surface area contributed by atoms with Gasteiger partial charge in [-0.1, -0.05) is 62.2 Å². The molecule has 1 N–H and O–H groups in total. The van der Waals surface area contributed by atoms with Crippen molar-refractivity contribution < 1.29 is 4.79 Å². The van der Waals surface area contributed by atoms with E-state index in [-0.39, 0.29) is 11.3 Å². The van der Waals surface area contributed by atoms with Gasteiger partial charge in [-0.25, -0.2) is 0 Å². The Morgan fingerprint density at radius 1 is 1.08 bits per heavy atom. The summed E-state index contributed by atoms with van der Waals surface area (Å²) in [5.74, 6) is 0.201. The van der Waals surface area contributed by atoms with Crippen LogP contribution in [0.3, 0.4) is 0 Å². The maximum absolute atomic E-state index is 13.0. The molecule has 0 radical (unpaired) electrons. The molecule has 0 bridgehead atoms. The molecule has 0 aromatic heterocycles. The van der Waals surface area contributed by atoms with Gasteiger partial charge in [-0.15, -0.1) is 0 Å². The quantitative estimate of drug-likeness (QED) is 0.662. The van der Waals surface area contributed by atoms with Crippen molar-refractivity contribution in [3.8, 4) is 0 Å². The molecule has 1 aliphatic heterocycles. The first kappa shape index (κ1) is 19.6. The SMILES string of the molecule is CN(Cc1cc(Br)cc(Br)c1)C(=O)CC1(c2ccccc2)CCNCC1. The Kier molecular flexibility index (Phi) is 6.54. The van der Waals surface area contributed by atoms with Crippen molar-refractivity contribution in [2.45, 2.75) is 31.2 Å². The summed E-state index contributed by atoms with van der Waals surface area (Å²) in [4.78, 5) is 14.9. The number of hydrogen-bond acceptors (Lipinski definition) is 2. The van der Waals surface area contributed by atoms with Crippen LogP contribution in [-0.4, -0.2) is 30.9 Å². The van der Waals surface area contributed by atoms with E-state index in [1.54, 1.807) is 0 Å². The molecule has 1 aliphatic rings. The van der Waals surface area contributed by atoms with E-state index in [1.165, 1.54) is 5.56 Å². The zero-order valence-corrected chi connectivity index (χ0v) is 18.1. The predicted molar refractivity (Wildman–Crippen MR) is 113 cm³/mol. The predicted octanol–water partition coefficient (Wildman–Crippen LogP) is 4.88. The van der Waals surface area contributed by atoms with Crippen LogP contribution in [0.25, 0.3) is 0 Å². The van der Waals surface area contributed by atoms with E-state index in [4.69, 9.17) is 0 Å². The lowest BCUT2D eigenvalue weighted by molar-refractivity contribution is -0.132. The molecule has 0 saturated carbocycles. The molecular weight excluding hydrogens is 456 g/mol. The van der Waals surface area contributed by atoms with Gasteiger partial charge in [0.15, 0.2) is 0 Å². The van der Waals surface area contributed by atoms with Crippen molar-refractivity contribution in [1.82, 2.24) is 10.2 Å². The summed E-state index contributed by atoms with van der Waals surface area (Å²) in [6.45, 7) is 2.54. The summed E-state index contributed by atoms with van der Waals surface area (Å²) in [5, 5.41) is 3.43. The molecule has 3 nitrogen and oxygen atoms in total. The van der Waals surface area contributed by atoms with Crippen LogP contribution in [-0.2, 0) is 16.8 Å². The summed E-state index contributed by atoms with van der Waals surface area (Å²) in [6, 6.07) is 16.7. The molecule has 26 heavy (non-hydrogen) atoms. The van der Waals surface area contributed by atoms with Crippen LogP contribution in [0.1, 0.15) is 30.4 Å². The molecule has 3 rings (SSSR count). The summed E-state index contributed by atoms with van der Waals surface area (Å²) in [6.07, 6.45) is 2.56. The summed E-state index contributed by atoms with van der Waals surface area (Å²) in [7, 11) is 1.90. The third kappa shape index (κ3) is 4.76. The molecule has 0 aliphatic carbocycles. The number of rotatable bonds is 5. The number of carbonyl (C=O) groups is 1. The molecule has 0 unspecified atom stereocenters. The highest BCUT2D eigenvalue weighted by atomic mass is 79.9. The zero-order chi connectivity index (χ0) is 18.6. The van der Waals surface area contributed by atoms with E-state index in [0.29, 0.717) is 13.0 Å². The number of hydrogen-bond donors (Lipinski definition) is 1. The van der Waals surface area contributed by atoms with Gasteiger partial charge in [0.05, 0.1) is 0 Å². The van der Waals surface area contributed by atoms with E-state index < -0.39 is 0 Å². The first-order valence-electron chi connectivity index (χ1n) is 8.94. The van der Waals surface area contributed by atoms with E-state index in [0.717, 1.165) is 40.4 Å².